The van der Waals surface area contributed by atoms with Crippen molar-refractivity contribution in [3.8, 4) is 5.75 Å². The van der Waals surface area contributed by atoms with Gasteiger partial charge in [-0.2, -0.15) is 0 Å². The second kappa shape index (κ2) is 7.97. The molecule has 0 spiro atoms. The minimum atomic E-state index is -0.142. The average molecular weight is 320 g/mol. The number of rotatable bonds is 5. The topological polar surface area (TPSA) is 76.7 Å². The van der Waals surface area contributed by atoms with Gasteiger partial charge in [-0.05, 0) is 25.0 Å². The number of benzene rings is 1. The summed E-state index contributed by atoms with van der Waals surface area (Å²) < 4.78 is 10.5. The van der Waals surface area contributed by atoms with Crippen molar-refractivity contribution in [3.05, 3.63) is 18.2 Å². The first-order valence-electron chi connectivity index (χ1n) is 7.88. The van der Waals surface area contributed by atoms with Crippen LogP contribution in [0.4, 0.5) is 11.4 Å². The zero-order chi connectivity index (χ0) is 16.8. The molecule has 1 aromatic carbocycles. The molecule has 0 saturated carbocycles. The largest absolute Gasteiger partial charge is 0.497 e. The van der Waals surface area contributed by atoms with Crippen molar-refractivity contribution < 1.29 is 19.1 Å². The Hall–Kier alpha value is -2.08. The number of ether oxygens (including phenoxy) is 2. The van der Waals surface area contributed by atoms with E-state index in [2.05, 4.69) is 10.6 Å². The second-order valence-corrected chi connectivity index (χ2v) is 5.93. The number of carbonyl (C=O) groups is 2. The Bertz CT molecular complexity index is 566. The molecule has 1 heterocycles. The minimum absolute atomic E-state index is 0.0541. The van der Waals surface area contributed by atoms with Crippen LogP contribution in [0.3, 0.4) is 0 Å². The molecule has 0 radical (unpaired) electrons. The van der Waals surface area contributed by atoms with E-state index in [1.165, 1.54) is 0 Å². The van der Waals surface area contributed by atoms with Gasteiger partial charge in [0.15, 0.2) is 0 Å². The molecule has 1 saturated heterocycles. The van der Waals surface area contributed by atoms with Gasteiger partial charge in [-0.1, -0.05) is 13.8 Å². The van der Waals surface area contributed by atoms with Crippen LogP contribution in [0.5, 0.6) is 5.75 Å². The predicted octanol–water partition coefficient (Wildman–Crippen LogP) is 2.65. The van der Waals surface area contributed by atoms with Crippen molar-refractivity contribution in [2.24, 2.45) is 11.8 Å². The van der Waals surface area contributed by atoms with E-state index in [1.54, 1.807) is 25.3 Å². The molecule has 0 aromatic heterocycles. The van der Waals surface area contributed by atoms with Gasteiger partial charge in [-0.3, -0.25) is 9.59 Å². The normalized spacial score (nSPS) is 15.3. The quantitative estimate of drug-likeness (QED) is 0.874. The third-order valence-electron chi connectivity index (χ3n) is 3.86. The molecule has 1 aliphatic rings. The number of methoxy groups -OCH3 is 1. The summed E-state index contributed by atoms with van der Waals surface area (Å²) in [6.45, 7) is 4.85. The van der Waals surface area contributed by atoms with Crippen LogP contribution in [-0.2, 0) is 14.3 Å². The Morgan fingerprint density at radius 1 is 1.17 bits per heavy atom. The molecule has 0 atom stereocenters. The van der Waals surface area contributed by atoms with E-state index in [0.717, 1.165) is 0 Å². The maximum absolute atomic E-state index is 12.4. The molecule has 0 bridgehead atoms. The summed E-state index contributed by atoms with van der Waals surface area (Å²) in [4.78, 5) is 24.4. The lowest BCUT2D eigenvalue weighted by atomic mass is 9.99. The number of amides is 2. The van der Waals surface area contributed by atoms with Gasteiger partial charge < -0.3 is 20.1 Å². The Balaban J connectivity index is 2.16. The Labute approximate surface area is 136 Å². The molecule has 0 unspecified atom stereocenters. The highest BCUT2D eigenvalue weighted by atomic mass is 16.5. The van der Waals surface area contributed by atoms with Gasteiger partial charge in [0.1, 0.15) is 5.75 Å². The van der Waals surface area contributed by atoms with E-state index >= 15 is 0 Å². The number of carbonyl (C=O) groups excluding carboxylic acids is 2. The summed E-state index contributed by atoms with van der Waals surface area (Å²) in [5.74, 6) is 0.257. The number of nitrogens with one attached hydrogen (secondary N) is 2. The van der Waals surface area contributed by atoms with Crippen molar-refractivity contribution in [1.29, 1.82) is 0 Å². The first-order chi connectivity index (χ1) is 11.0. The van der Waals surface area contributed by atoms with E-state index < -0.39 is 0 Å². The minimum Gasteiger partial charge on any atom is -0.497 e. The Morgan fingerprint density at radius 2 is 1.87 bits per heavy atom. The maximum Gasteiger partial charge on any atom is 0.227 e. The number of hydrogen-bond acceptors (Lipinski definition) is 4. The van der Waals surface area contributed by atoms with Crippen LogP contribution in [0.2, 0.25) is 0 Å². The average Bonchev–Trinajstić information content (AvgIpc) is 2.56. The third-order valence-corrected chi connectivity index (χ3v) is 3.86. The molecule has 2 amide bonds. The fourth-order valence-corrected chi connectivity index (χ4v) is 2.33. The summed E-state index contributed by atoms with van der Waals surface area (Å²) in [5, 5.41) is 5.75. The molecule has 126 valence electrons. The lowest BCUT2D eigenvalue weighted by Crippen LogP contribution is -2.29. The summed E-state index contributed by atoms with van der Waals surface area (Å²) in [5.41, 5.74) is 1.12. The lowest BCUT2D eigenvalue weighted by molar-refractivity contribution is -0.122. The summed E-state index contributed by atoms with van der Waals surface area (Å²) >= 11 is 0. The molecule has 1 aliphatic heterocycles. The van der Waals surface area contributed by atoms with Crippen molar-refractivity contribution in [3.63, 3.8) is 0 Å². The maximum atomic E-state index is 12.4. The van der Waals surface area contributed by atoms with Gasteiger partial charge in [-0.15, -0.1) is 0 Å². The molecular weight excluding hydrogens is 296 g/mol. The van der Waals surface area contributed by atoms with Crippen molar-refractivity contribution in [1.82, 2.24) is 0 Å². The number of hydrogen-bond donors (Lipinski definition) is 2. The van der Waals surface area contributed by atoms with Crippen molar-refractivity contribution in [2.75, 3.05) is 31.0 Å². The molecule has 1 fully saturated rings. The molecule has 23 heavy (non-hydrogen) atoms. The second-order valence-electron chi connectivity index (χ2n) is 5.93. The standard InChI is InChI=1S/C17H24N2O4/c1-11(2)16(20)18-14-5-4-13(22-3)10-15(14)19-17(21)12-6-8-23-9-7-12/h4-5,10-12H,6-9H2,1-3H3,(H,18,20)(H,19,21). The first-order valence-corrected chi connectivity index (χ1v) is 7.88. The van der Waals surface area contributed by atoms with Crippen molar-refractivity contribution >= 4 is 23.2 Å². The van der Waals surface area contributed by atoms with Crippen LogP contribution in [0.25, 0.3) is 0 Å². The van der Waals surface area contributed by atoms with Crippen LogP contribution >= 0.6 is 0 Å². The molecule has 6 nitrogen and oxygen atoms in total. The molecule has 1 aromatic rings. The third kappa shape index (κ3) is 4.69. The van der Waals surface area contributed by atoms with Gasteiger partial charge in [0.05, 0.1) is 18.5 Å². The highest BCUT2D eigenvalue weighted by Gasteiger charge is 2.23. The van der Waals surface area contributed by atoms with Gasteiger partial charge in [-0.25, -0.2) is 0 Å². The van der Waals surface area contributed by atoms with Crippen LogP contribution in [0.1, 0.15) is 26.7 Å². The monoisotopic (exact) mass is 320 g/mol. The lowest BCUT2D eigenvalue weighted by Gasteiger charge is -2.22. The van der Waals surface area contributed by atoms with Crippen LogP contribution in [-0.4, -0.2) is 32.1 Å². The van der Waals surface area contributed by atoms with Gasteiger partial charge in [0, 0.05) is 31.1 Å². The van der Waals surface area contributed by atoms with Gasteiger partial charge in [0.25, 0.3) is 0 Å². The van der Waals surface area contributed by atoms with Crippen LogP contribution < -0.4 is 15.4 Å². The highest BCUT2D eigenvalue weighted by Crippen LogP contribution is 2.29. The van der Waals surface area contributed by atoms with E-state index in [9.17, 15) is 9.59 Å². The van der Waals surface area contributed by atoms with E-state index in [0.29, 0.717) is 43.2 Å². The first kappa shape index (κ1) is 17.3. The summed E-state index contributed by atoms with van der Waals surface area (Å²) in [6.07, 6.45) is 1.42. The molecule has 0 aliphatic carbocycles. The van der Waals surface area contributed by atoms with Crippen molar-refractivity contribution in [2.45, 2.75) is 26.7 Å². The summed E-state index contributed by atoms with van der Waals surface area (Å²) in [6, 6.07) is 5.20. The predicted molar refractivity (Wildman–Crippen MR) is 88.6 cm³/mol. The molecule has 6 heteroatoms. The fraction of sp³-hybridized carbons (Fsp3) is 0.529. The summed E-state index contributed by atoms with van der Waals surface area (Å²) in [7, 11) is 1.56. The molecule has 2 N–H and O–H groups in total. The zero-order valence-electron chi connectivity index (χ0n) is 13.8. The van der Waals surface area contributed by atoms with E-state index in [1.807, 2.05) is 13.8 Å². The Morgan fingerprint density at radius 3 is 2.48 bits per heavy atom. The molecule has 2 rings (SSSR count). The Kier molecular flexibility index (Phi) is 5.98. The highest BCUT2D eigenvalue weighted by molar-refractivity contribution is 6.01. The van der Waals surface area contributed by atoms with E-state index in [4.69, 9.17) is 9.47 Å². The SMILES string of the molecule is COc1ccc(NC(=O)C(C)C)c(NC(=O)C2CCOCC2)c1. The van der Waals surface area contributed by atoms with E-state index in [-0.39, 0.29) is 23.7 Å². The smallest absolute Gasteiger partial charge is 0.227 e. The number of anilines is 2. The van der Waals surface area contributed by atoms with Gasteiger partial charge >= 0.3 is 0 Å². The van der Waals surface area contributed by atoms with Gasteiger partial charge in [0.2, 0.25) is 11.8 Å². The molecular formula is C17H24N2O4. The fourth-order valence-electron chi connectivity index (χ4n) is 2.33. The zero-order valence-corrected chi connectivity index (χ0v) is 13.8. The van der Waals surface area contributed by atoms with Crippen LogP contribution in [0, 0.1) is 11.8 Å². The van der Waals surface area contributed by atoms with Crippen LogP contribution in [0.15, 0.2) is 18.2 Å².